The second kappa shape index (κ2) is 13.7. The zero-order chi connectivity index (χ0) is 26.0. The first-order chi connectivity index (χ1) is 18.8. The van der Waals surface area contributed by atoms with E-state index >= 15 is 0 Å². The lowest BCUT2D eigenvalue weighted by molar-refractivity contribution is 0.0180. The molecule has 38 heavy (non-hydrogen) atoms. The summed E-state index contributed by atoms with van der Waals surface area (Å²) < 4.78 is 17.0. The molecule has 202 valence electrons. The lowest BCUT2D eigenvalue weighted by atomic mass is 10.1. The van der Waals surface area contributed by atoms with E-state index in [1.807, 2.05) is 6.07 Å². The van der Waals surface area contributed by atoms with Gasteiger partial charge in [0.05, 0.1) is 33.5 Å². The summed E-state index contributed by atoms with van der Waals surface area (Å²) in [5.41, 5.74) is 6.27. The third-order valence-electron chi connectivity index (χ3n) is 7.49. The van der Waals surface area contributed by atoms with Crippen molar-refractivity contribution in [2.45, 2.75) is 32.5 Å². The fourth-order valence-electron chi connectivity index (χ4n) is 5.29. The van der Waals surface area contributed by atoms with Crippen LogP contribution in [0.4, 0.5) is 11.4 Å². The van der Waals surface area contributed by atoms with Gasteiger partial charge in [-0.05, 0) is 65.9 Å². The molecule has 5 rings (SSSR count). The van der Waals surface area contributed by atoms with Gasteiger partial charge < -0.3 is 24.0 Å². The molecule has 3 aromatic rings. The molecule has 0 bridgehead atoms. The Hall–Kier alpha value is -3.06. The molecular weight excluding hydrogens is 474 g/mol. The van der Waals surface area contributed by atoms with Crippen molar-refractivity contribution < 1.29 is 14.2 Å². The van der Waals surface area contributed by atoms with Gasteiger partial charge in [0.15, 0.2) is 0 Å². The number of nitrogens with zero attached hydrogens (tertiary/aromatic N) is 3. The van der Waals surface area contributed by atoms with Crippen molar-refractivity contribution in [3.05, 3.63) is 89.5 Å². The molecule has 0 N–H and O–H groups in total. The average Bonchev–Trinajstić information content (AvgIpc) is 3.52. The molecule has 6 nitrogen and oxygen atoms in total. The number of hydrogen-bond donors (Lipinski definition) is 0. The molecule has 3 aromatic carbocycles. The SMILES string of the molecule is COc1cccc(CN(Cc2ccc(N3CCCC3)cc2)c2cccc(COCCN3CCOCC3)c2)c1. The number of benzene rings is 3. The topological polar surface area (TPSA) is 37.4 Å². The van der Waals surface area contributed by atoms with E-state index in [2.05, 4.69) is 81.4 Å². The first-order valence-electron chi connectivity index (χ1n) is 14.0. The zero-order valence-electron chi connectivity index (χ0n) is 22.7. The number of ether oxygens (including phenoxy) is 3. The molecule has 0 spiro atoms. The Morgan fingerprint density at radius 1 is 0.789 bits per heavy atom. The van der Waals surface area contributed by atoms with Crippen molar-refractivity contribution in [2.75, 3.05) is 69.5 Å². The van der Waals surface area contributed by atoms with Gasteiger partial charge in [-0.1, -0.05) is 36.4 Å². The number of morpholine rings is 1. The first kappa shape index (κ1) is 26.5. The smallest absolute Gasteiger partial charge is 0.119 e. The quantitative estimate of drug-likeness (QED) is 0.303. The maximum absolute atomic E-state index is 6.06. The molecule has 0 atom stereocenters. The Labute approximate surface area is 227 Å². The Morgan fingerprint density at radius 2 is 1.53 bits per heavy atom. The fraction of sp³-hybridized carbons (Fsp3) is 0.438. The third kappa shape index (κ3) is 7.50. The van der Waals surface area contributed by atoms with Crippen LogP contribution < -0.4 is 14.5 Å². The highest BCUT2D eigenvalue weighted by Gasteiger charge is 2.14. The second-order valence-corrected chi connectivity index (χ2v) is 10.2. The average molecular weight is 516 g/mol. The van der Waals surface area contributed by atoms with Crippen molar-refractivity contribution >= 4 is 11.4 Å². The van der Waals surface area contributed by atoms with Gasteiger partial charge in [-0.25, -0.2) is 0 Å². The van der Waals surface area contributed by atoms with Crippen molar-refractivity contribution in [3.63, 3.8) is 0 Å². The van der Waals surface area contributed by atoms with Crippen LogP contribution in [0.2, 0.25) is 0 Å². The predicted octanol–water partition coefficient (Wildman–Crippen LogP) is 5.35. The maximum atomic E-state index is 6.06. The molecule has 0 amide bonds. The van der Waals surface area contributed by atoms with Crippen LogP contribution in [0.15, 0.2) is 72.8 Å². The monoisotopic (exact) mass is 515 g/mol. The molecule has 0 radical (unpaired) electrons. The van der Waals surface area contributed by atoms with Crippen molar-refractivity contribution in [3.8, 4) is 5.75 Å². The van der Waals surface area contributed by atoms with E-state index in [0.29, 0.717) is 6.61 Å². The summed E-state index contributed by atoms with van der Waals surface area (Å²) in [6.45, 7) is 9.93. The summed E-state index contributed by atoms with van der Waals surface area (Å²) >= 11 is 0. The highest BCUT2D eigenvalue weighted by molar-refractivity contribution is 5.52. The van der Waals surface area contributed by atoms with Crippen LogP contribution in [0.5, 0.6) is 5.75 Å². The Bertz CT molecular complexity index is 1120. The number of anilines is 2. The van der Waals surface area contributed by atoms with Crippen LogP contribution in [0, 0.1) is 0 Å². The fourth-order valence-corrected chi connectivity index (χ4v) is 5.29. The summed E-state index contributed by atoms with van der Waals surface area (Å²) in [5, 5.41) is 0. The predicted molar refractivity (Wildman–Crippen MR) is 154 cm³/mol. The molecule has 0 aromatic heterocycles. The van der Waals surface area contributed by atoms with E-state index in [4.69, 9.17) is 14.2 Å². The van der Waals surface area contributed by atoms with Crippen LogP contribution in [-0.4, -0.2) is 64.6 Å². The van der Waals surface area contributed by atoms with Gasteiger partial charge in [-0.3, -0.25) is 4.90 Å². The Kier molecular flexibility index (Phi) is 9.54. The van der Waals surface area contributed by atoms with Crippen LogP contribution >= 0.6 is 0 Å². The second-order valence-electron chi connectivity index (χ2n) is 10.2. The highest BCUT2D eigenvalue weighted by atomic mass is 16.5. The van der Waals surface area contributed by atoms with Crippen molar-refractivity contribution in [1.29, 1.82) is 0 Å². The minimum absolute atomic E-state index is 0.621. The van der Waals surface area contributed by atoms with Gasteiger partial charge in [0, 0.05) is 57.2 Å². The van der Waals surface area contributed by atoms with E-state index in [-0.39, 0.29) is 0 Å². The lowest BCUT2D eigenvalue weighted by Gasteiger charge is -2.27. The van der Waals surface area contributed by atoms with Gasteiger partial charge in [-0.15, -0.1) is 0 Å². The van der Waals surface area contributed by atoms with E-state index in [1.165, 1.54) is 54.0 Å². The van der Waals surface area contributed by atoms with E-state index < -0.39 is 0 Å². The van der Waals surface area contributed by atoms with Crippen molar-refractivity contribution in [1.82, 2.24) is 4.90 Å². The van der Waals surface area contributed by atoms with E-state index in [1.54, 1.807) is 7.11 Å². The largest absolute Gasteiger partial charge is 0.497 e. The Balaban J connectivity index is 1.27. The molecular formula is C32H41N3O3. The van der Waals surface area contributed by atoms with Gasteiger partial charge >= 0.3 is 0 Å². The minimum atomic E-state index is 0.621. The third-order valence-corrected chi connectivity index (χ3v) is 7.49. The standard InChI is InChI=1S/C32H41N3O3/c1-36-32-9-5-6-28(23-32)25-35(24-27-10-12-30(13-11-27)34-14-2-3-15-34)31-8-4-7-29(22-31)26-38-21-18-33-16-19-37-20-17-33/h4-13,22-23H,2-3,14-21,24-26H2,1H3. The molecule has 2 heterocycles. The van der Waals surface area contributed by atoms with Crippen LogP contribution in [0.3, 0.4) is 0 Å². The number of rotatable bonds is 12. The number of hydrogen-bond acceptors (Lipinski definition) is 6. The van der Waals surface area contributed by atoms with E-state index in [0.717, 1.165) is 58.3 Å². The zero-order valence-corrected chi connectivity index (χ0v) is 22.7. The van der Waals surface area contributed by atoms with Gasteiger partial charge in [0.25, 0.3) is 0 Å². The van der Waals surface area contributed by atoms with Crippen molar-refractivity contribution in [2.24, 2.45) is 0 Å². The van der Waals surface area contributed by atoms with Crippen LogP contribution in [0.25, 0.3) is 0 Å². The van der Waals surface area contributed by atoms with Gasteiger partial charge in [0.1, 0.15) is 5.75 Å². The maximum Gasteiger partial charge on any atom is 0.119 e. The highest BCUT2D eigenvalue weighted by Crippen LogP contribution is 2.25. The molecule has 2 fully saturated rings. The first-order valence-corrected chi connectivity index (χ1v) is 14.0. The van der Waals surface area contributed by atoms with E-state index in [9.17, 15) is 0 Å². The molecule has 0 aliphatic carbocycles. The molecule has 2 aliphatic heterocycles. The van der Waals surface area contributed by atoms with Crippen LogP contribution in [-0.2, 0) is 29.2 Å². The molecule has 2 saturated heterocycles. The lowest BCUT2D eigenvalue weighted by Crippen LogP contribution is -2.38. The molecule has 2 aliphatic rings. The molecule has 0 unspecified atom stereocenters. The minimum Gasteiger partial charge on any atom is -0.497 e. The molecule has 0 saturated carbocycles. The summed E-state index contributed by atoms with van der Waals surface area (Å²) in [7, 11) is 1.72. The van der Waals surface area contributed by atoms with Crippen LogP contribution in [0.1, 0.15) is 29.5 Å². The van der Waals surface area contributed by atoms with Gasteiger partial charge in [-0.2, -0.15) is 0 Å². The van der Waals surface area contributed by atoms with Gasteiger partial charge in [0.2, 0.25) is 0 Å². The summed E-state index contributed by atoms with van der Waals surface area (Å²) in [6, 6.07) is 26.3. The number of methoxy groups -OCH3 is 1. The Morgan fingerprint density at radius 3 is 2.32 bits per heavy atom. The summed E-state index contributed by atoms with van der Waals surface area (Å²) in [4.78, 5) is 7.34. The molecule has 6 heteroatoms. The normalized spacial score (nSPS) is 16.1. The summed E-state index contributed by atoms with van der Waals surface area (Å²) in [5.74, 6) is 0.889. The summed E-state index contributed by atoms with van der Waals surface area (Å²) in [6.07, 6.45) is 2.59.